The molecule has 2 rings (SSSR count). The van der Waals surface area contributed by atoms with Crippen molar-refractivity contribution < 1.29 is 4.74 Å². The average molecular weight is 297 g/mol. The van der Waals surface area contributed by atoms with E-state index in [0.29, 0.717) is 5.02 Å². The lowest BCUT2D eigenvalue weighted by molar-refractivity contribution is 0.230. The summed E-state index contributed by atoms with van der Waals surface area (Å²) < 4.78 is 5.51. The molecule has 0 atom stereocenters. The molecule has 1 aromatic rings. The van der Waals surface area contributed by atoms with Gasteiger partial charge in [-0.2, -0.15) is 0 Å². The maximum atomic E-state index is 6.40. The van der Waals surface area contributed by atoms with Gasteiger partial charge in [0.15, 0.2) is 0 Å². The number of rotatable bonds is 3. The second kappa shape index (κ2) is 6.33. The number of benzene rings is 1. The molecular weight excluding hydrogens is 272 g/mol. The number of hydrogen-bond donors (Lipinski definition) is 1. The minimum Gasteiger partial charge on any atom is -0.495 e. The van der Waals surface area contributed by atoms with E-state index in [0.717, 1.165) is 38.5 Å². The molecule has 1 heterocycles. The number of nitrogens with one attached hydrogen (secondary N) is 1. The van der Waals surface area contributed by atoms with Crippen molar-refractivity contribution >= 4 is 11.6 Å². The predicted molar refractivity (Wildman–Crippen MR) is 84.9 cm³/mol. The number of nitrogens with zero attached hydrogens (tertiary/aromatic N) is 1. The van der Waals surface area contributed by atoms with E-state index in [9.17, 15) is 0 Å². The molecule has 1 aromatic carbocycles. The molecule has 1 aliphatic rings. The number of halogens is 1. The molecule has 0 unspecified atom stereocenters. The second-order valence-corrected chi connectivity index (χ2v) is 6.83. The Bertz CT molecular complexity index is 462. The van der Waals surface area contributed by atoms with Crippen molar-refractivity contribution in [1.29, 1.82) is 0 Å². The van der Waals surface area contributed by atoms with Crippen LogP contribution in [0.4, 0.5) is 0 Å². The fourth-order valence-corrected chi connectivity index (χ4v) is 2.86. The van der Waals surface area contributed by atoms with Gasteiger partial charge in [0.2, 0.25) is 0 Å². The first-order chi connectivity index (χ1) is 9.41. The summed E-state index contributed by atoms with van der Waals surface area (Å²) in [4.78, 5) is 2.44. The molecule has 0 amide bonds. The zero-order chi connectivity index (χ0) is 14.8. The zero-order valence-electron chi connectivity index (χ0n) is 12.9. The van der Waals surface area contributed by atoms with Crippen molar-refractivity contribution in [1.82, 2.24) is 10.2 Å². The Morgan fingerprint density at radius 3 is 2.45 bits per heavy atom. The molecule has 0 aliphatic carbocycles. The van der Waals surface area contributed by atoms with Crippen LogP contribution in [0.3, 0.4) is 0 Å². The summed E-state index contributed by atoms with van der Waals surface area (Å²) in [6.07, 6.45) is 0. The van der Waals surface area contributed by atoms with E-state index in [-0.39, 0.29) is 5.41 Å². The van der Waals surface area contributed by atoms with Gasteiger partial charge < -0.3 is 10.1 Å². The molecule has 0 spiro atoms. The first-order valence-electron chi connectivity index (χ1n) is 7.22. The van der Waals surface area contributed by atoms with Gasteiger partial charge in [0, 0.05) is 38.3 Å². The molecule has 3 nitrogen and oxygen atoms in total. The molecule has 4 heteroatoms. The molecule has 112 valence electrons. The van der Waals surface area contributed by atoms with Gasteiger partial charge in [-0.25, -0.2) is 0 Å². The van der Waals surface area contributed by atoms with Gasteiger partial charge in [0.1, 0.15) is 5.75 Å². The molecular formula is C16H25ClN2O. The Hall–Kier alpha value is -0.770. The summed E-state index contributed by atoms with van der Waals surface area (Å²) in [5, 5.41) is 4.09. The highest BCUT2D eigenvalue weighted by Gasteiger charge is 2.20. The highest BCUT2D eigenvalue weighted by Crippen LogP contribution is 2.35. The lowest BCUT2D eigenvalue weighted by Crippen LogP contribution is -2.43. The number of piperazine rings is 1. The molecule has 1 saturated heterocycles. The molecule has 0 aromatic heterocycles. The van der Waals surface area contributed by atoms with E-state index in [4.69, 9.17) is 16.3 Å². The van der Waals surface area contributed by atoms with Crippen molar-refractivity contribution in [3.63, 3.8) is 0 Å². The van der Waals surface area contributed by atoms with Crippen LogP contribution >= 0.6 is 11.6 Å². The van der Waals surface area contributed by atoms with E-state index in [2.05, 4.69) is 37.1 Å². The molecule has 1 fully saturated rings. The molecule has 1 N–H and O–H groups in total. The van der Waals surface area contributed by atoms with Crippen LogP contribution in [0.5, 0.6) is 5.75 Å². The fourth-order valence-electron chi connectivity index (χ4n) is 2.54. The van der Waals surface area contributed by atoms with Crippen LogP contribution in [0.2, 0.25) is 5.02 Å². The average Bonchev–Trinajstić information content (AvgIpc) is 2.38. The van der Waals surface area contributed by atoms with Crippen molar-refractivity contribution in [2.75, 3.05) is 33.3 Å². The quantitative estimate of drug-likeness (QED) is 0.928. The molecule has 20 heavy (non-hydrogen) atoms. The van der Waals surface area contributed by atoms with Gasteiger partial charge in [0.05, 0.1) is 12.1 Å². The van der Waals surface area contributed by atoms with Crippen LogP contribution in [0.15, 0.2) is 12.1 Å². The largest absolute Gasteiger partial charge is 0.495 e. The summed E-state index contributed by atoms with van der Waals surface area (Å²) in [6, 6.07) is 4.27. The summed E-state index contributed by atoms with van der Waals surface area (Å²) in [7, 11) is 1.69. The van der Waals surface area contributed by atoms with Gasteiger partial charge in [-0.15, -0.1) is 0 Å². The Labute approximate surface area is 127 Å². The Balaban J connectivity index is 2.30. The maximum absolute atomic E-state index is 6.40. The van der Waals surface area contributed by atoms with Gasteiger partial charge >= 0.3 is 0 Å². The van der Waals surface area contributed by atoms with Crippen LogP contribution in [0.1, 0.15) is 31.9 Å². The van der Waals surface area contributed by atoms with Crippen LogP contribution in [0.25, 0.3) is 0 Å². The minimum absolute atomic E-state index is 0.0914. The summed E-state index contributed by atoms with van der Waals surface area (Å²) in [6.45, 7) is 11.8. The van der Waals surface area contributed by atoms with Crippen LogP contribution in [-0.2, 0) is 12.0 Å². The Kier molecular flexibility index (Phi) is 4.95. The van der Waals surface area contributed by atoms with Crippen molar-refractivity contribution in [3.8, 4) is 5.75 Å². The first kappa shape index (κ1) is 15.6. The zero-order valence-corrected chi connectivity index (χ0v) is 13.7. The molecule has 0 radical (unpaired) electrons. The standard InChI is InChI=1S/C16H25ClN2O/c1-16(2,3)13-9-12(15(20-4)14(17)10-13)11-19-7-5-18-6-8-19/h9-10,18H,5-8,11H2,1-4H3. The van der Waals surface area contributed by atoms with Gasteiger partial charge in [-0.3, -0.25) is 4.90 Å². The van der Waals surface area contributed by atoms with Crippen LogP contribution in [0, 0.1) is 0 Å². The third kappa shape index (κ3) is 3.66. The topological polar surface area (TPSA) is 24.5 Å². The minimum atomic E-state index is 0.0914. The van der Waals surface area contributed by atoms with Crippen molar-refractivity contribution in [3.05, 3.63) is 28.3 Å². The first-order valence-corrected chi connectivity index (χ1v) is 7.59. The number of methoxy groups -OCH3 is 1. The SMILES string of the molecule is COc1c(Cl)cc(C(C)(C)C)cc1CN1CCNCC1. The number of ether oxygens (including phenoxy) is 1. The highest BCUT2D eigenvalue weighted by atomic mass is 35.5. The Morgan fingerprint density at radius 2 is 1.90 bits per heavy atom. The van der Waals surface area contributed by atoms with Gasteiger partial charge in [-0.1, -0.05) is 38.4 Å². The smallest absolute Gasteiger partial charge is 0.141 e. The van der Waals surface area contributed by atoms with Crippen LogP contribution in [-0.4, -0.2) is 38.2 Å². The van der Waals surface area contributed by atoms with Crippen molar-refractivity contribution in [2.45, 2.75) is 32.7 Å². The predicted octanol–water partition coefficient (Wildman–Crippen LogP) is 3.05. The molecule has 0 saturated carbocycles. The maximum Gasteiger partial charge on any atom is 0.141 e. The van der Waals surface area contributed by atoms with E-state index in [1.54, 1.807) is 7.11 Å². The third-order valence-corrected chi connectivity index (χ3v) is 4.07. The lowest BCUT2D eigenvalue weighted by Gasteiger charge is -2.29. The summed E-state index contributed by atoms with van der Waals surface area (Å²) in [5.74, 6) is 0.818. The monoisotopic (exact) mass is 296 g/mol. The van der Waals surface area contributed by atoms with E-state index in [1.807, 2.05) is 6.07 Å². The molecule has 0 bridgehead atoms. The van der Waals surface area contributed by atoms with E-state index >= 15 is 0 Å². The summed E-state index contributed by atoms with van der Waals surface area (Å²) in [5.41, 5.74) is 2.54. The van der Waals surface area contributed by atoms with Gasteiger partial charge in [0.25, 0.3) is 0 Å². The molecule has 1 aliphatic heterocycles. The highest BCUT2D eigenvalue weighted by molar-refractivity contribution is 6.32. The van der Waals surface area contributed by atoms with Gasteiger partial charge in [-0.05, 0) is 17.0 Å². The lowest BCUT2D eigenvalue weighted by atomic mass is 9.86. The second-order valence-electron chi connectivity index (χ2n) is 6.43. The van der Waals surface area contributed by atoms with Crippen LogP contribution < -0.4 is 10.1 Å². The third-order valence-electron chi connectivity index (χ3n) is 3.79. The van der Waals surface area contributed by atoms with Crippen molar-refractivity contribution in [2.24, 2.45) is 0 Å². The normalized spacial score (nSPS) is 17.2. The fraction of sp³-hybridized carbons (Fsp3) is 0.625. The van der Waals surface area contributed by atoms with E-state index < -0.39 is 0 Å². The number of hydrogen-bond acceptors (Lipinski definition) is 3. The summed E-state index contributed by atoms with van der Waals surface area (Å²) >= 11 is 6.40. The Morgan fingerprint density at radius 1 is 1.25 bits per heavy atom. The van der Waals surface area contributed by atoms with E-state index in [1.165, 1.54) is 11.1 Å².